The van der Waals surface area contributed by atoms with Gasteiger partial charge >= 0.3 is 5.97 Å². The number of thioether (sulfide) groups is 1. The Labute approximate surface area is 89.1 Å². The van der Waals surface area contributed by atoms with Gasteiger partial charge in [0.1, 0.15) is 4.88 Å². The summed E-state index contributed by atoms with van der Waals surface area (Å²) < 4.78 is 0. The number of thiophene rings is 1. The van der Waals surface area contributed by atoms with Gasteiger partial charge in [0.2, 0.25) is 0 Å². The Hall–Kier alpha value is -0.810. The van der Waals surface area contributed by atoms with Gasteiger partial charge in [0.25, 0.3) is 0 Å². The molecule has 1 aromatic rings. The van der Waals surface area contributed by atoms with Gasteiger partial charge < -0.3 is 5.11 Å². The lowest BCUT2D eigenvalue weighted by Crippen LogP contribution is -2.17. The third-order valence-corrected chi connectivity index (χ3v) is 4.51. The topological polar surface area (TPSA) is 54.4 Å². The summed E-state index contributed by atoms with van der Waals surface area (Å²) in [6, 6.07) is 1.71. The molecule has 0 aliphatic carbocycles. The smallest absolute Gasteiger partial charge is 0.346 e. The molecule has 14 heavy (non-hydrogen) atoms. The van der Waals surface area contributed by atoms with Crippen LogP contribution < -0.4 is 0 Å². The highest BCUT2D eigenvalue weighted by Gasteiger charge is 2.27. The Morgan fingerprint density at radius 1 is 1.57 bits per heavy atom. The molecule has 0 aromatic carbocycles. The van der Waals surface area contributed by atoms with Crippen LogP contribution in [0.5, 0.6) is 0 Å². The number of carboxylic acid groups (broad SMARTS) is 1. The normalized spacial score (nSPS) is 16.3. The van der Waals surface area contributed by atoms with Crippen molar-refractivity contribution in [1.82, 2.24) is 0 Å². The van der Waals surface area contributed by atoms with E-state index in [1.807, 2.05) is 0 Å². The lowest BCUT2D eigenvalue weighted by atomic mass is 10.0. The molecule has 0 saturated carbocycles. The molecule has 1 aliphatic heterocycles. The van der Waals surface area contributed by atoms with Crippen LogP contribution in [0.1, 0.15) is 30.8 Å². The minimum atomic E-state index is -0.921. The Balaban J connectivity index is 2.39. The van der Waals surface area contributed by atoms with E-state index in [-0.39, 0.29) is 0 Å². The highest BCUT2D eigenvalue weighted by atomic mass is 32.2. The summed E-state index contributed by atoms with van der Waals surface area (Å²) in [5.41, 5.74) is 0.836. The molecule has 0 amide bonds. The monoisotopic (exact) mass is 228 g/mol. The summed E-state index contributed by atoms with van der Waals surface area (Å²) in [5.74, 6) is 1.34. The van der Waals surface area contributed by atoms with Crippen LogP contribution in [0.15, 0.2) is 6.07 Å². The predicted molar refractivity (Wildman–Crippen MR) is 56.7 cm³/mol. The van der Waals surface area contributed by atoms with E-state index in [0.29, 0.717) is 22.0 Å². The summed E-state index contributed by atoms with van der Waals surface area (Å²) >= 11 is 2.87. The first-order valence-electron chi connectivity index (χ1n) is 4.12. The van der Waals surface area contributed by atoms with Crippen molar-refractivity contribution in [2.75, 3.05) is 11.5 Å². The Kier molecular flexibility index (Phi) is 2.60. The molecule has 2 rings (SSSR count). The number of hydrogen-bond acceptors (Lipinski definition) is 4. The first kappa shape index (κ1) is 9.73. The molecule has 74 valence electrons. The quantitative estimate of drug-likeness (QED) is 0.805. The molecule has 1 saturated heterocycles. The molecule has 0 radical (unpaired) electrons. The van der Waals surface area contributed by atoms with Gasteiger partial charge in [-0.2, -0.15) is 11.8 Å². The van der Waals surface area contributed by atoms with Gasteiger partial charge in [-0.05, 0) is 11.6 Å². The Bertz CT molecular complexity index is 379. The van der Waals surface area contributed by atoms with Crippen LogP contribution in [-0.2, 0) is 0 Å². The fourth-order valence-electron chi connectivity index (χ4n) is 1.37. The zero-order valence-electron chi connectivity index (χ0n) is 7.23. The summed E-state index contributed by atoms with van der Waals surface area (Å²) in [6.45, 7) is 0. The van der Waals surface area contributed by atoms with Gasteiger partial charge in [-0.15, -0.1) is 11.3 Å². The summed E-state index contributed by atoms with van der Waals surface area (Å²) in [4.78, 5) is 22.3. The second-order valence-electron chi connectivity index (χ2n) is 3.09. The van der Waals surface area contributed by atoms with Crippen molar-refractivity contribution >= 4 is 35.4 Å². The van der Waals surface area contributed by atoms with Gasteiger partial charge in [0.05, 0.1) is 4.88 Å². The zero-order valence-corrected chi connectivity index (χ0v) is 8.86. The van der Waals surface area contributed by atoms with Crippen molar-refractivity contribution in [2.24, 2.45) is 0 Å². The highest BCUT2D eigenvalue weighted by molar-refractivity contribution is 8.00. The van der Waals surface area contributed by atoms with Crippen LogP contribution in [0.2, 0.25) is 0 Å². The van der Waals surface area contributed by atoms with Gasteiger partial charge in [-0.3, -0.25) is 4.79 Å². The molecule has 1 N–H and O–H groups in total. The largest absolute Gasteiger partial charge is 0.477 e. The van der Waals surface area contributed by atoms with Crippen molar-refractivity contribution in [2.45, 2.75) is 5.92 Å². The minimum absolute atomic E-state index is 0.330. The van der Waals surface area contributed by atoms with Crippen molar-refractivity contribution in [3.05, 3.63) is 21.4 Å². The van der Waals surface area contributed by atoms with E-state index in [1.54, 1.807) is 17.8 Å². The van der Waals surface area contributed by atoms with Crippen LogP contribution in [0.25, 0.3) is 0 Å². The van der Waals surface area contributed by atoms with E-state index in [9.17, 15) is 9.59 Å². The number of carbonyl (C=O) groups is 2. The van der Waals surface area contributed by atoms with Crippen molar-refractivity contribution in [1.29, 1.82) is 0 Å². The van der Waals surface area contributed by atoms with Crippen LogP contribution in [0.4, 0.5) is 0 Å². The van der Waals surface area contributed by atoms with Gasteiger partial charge in [-0.1, -0.05) is 0 Å². The number of carboxylic acids is 1. The summed E-state index contributed by atoms with van der Waals surface area (Å²) in [6.07, 6.45) is 0.715. The lowest BCUT2D eigenvalue weighted by molar-refractivity contribution is 0.0700. The minimum Gasteiger partial charge on any atom is -0.477 e. The van der Waals surface area contributed by atoms with Crippen LogP contribution >= 0.6 is 23.1 Å². The van der Waals surface area contributed by atoms with Crippen molar-refractivity contribution < 1.29 is 14.7 Å². The average Bonchev–Trinajstić information content (AvgIpc) is 2.45. The third kappa shape index (κ3) is 1.57. The molecule has 0 unspecified atom stereocenters. The number of aldehydes is 1. The maximum Gasteiger partial charge on any atom is 0.346 e. The van der Waals surface area contributed by atoms with E-state index in [2.05, 4.69) is 0 Å². The average molecular weight is 228 g/mol. The first-order valence-corrected chi connectivity index (χ1v) is 6.09. The lowest BCUT2D eigenvalue weighted by Gasteiger charge is -2.24. The van der Waals surface area contributed by atoms with Gasteiger partial charge in [0.15, 0.2) is 6.29 Å². The molecule has 0 atom stereocenters. The molecule has 1 aliphatic rings. The molecule has 3 nitrogen and oxygen atoms in total. The second-order valence-corrected chi connectivity index (χ2v) is 5.25. The number of carbonyl (C=O) groups excluding carboxylic acids is 1. The number of hydrogen-bond donors (Lipinski definition) is 1. The molecule has 1 aromatic heterocycles. The highest BCUT2D eigenvalue weighted by Crippen LogP contribution is 2.38. The van der Waals surface area contributed by atoms with E-state index >= 15 is 0 Å². The Morgan fingerprint density at radius 3 is 2.71 bits per heavy atom. The Morgan fingerprint density at radius 2 is 2.29 bits per heavy atom. The molecule has 0 spiro atoms. The van der Waals surface area contributed by atoms with E-state index in [4.69, 9.17) is 5.11 Å². The molecular weight excluding hydrogens is 220 g/mol. The van der Waals surface area contributed by atoms with Gasteiger partial charge in [-0.25, -0.2) is 4.79 Å². The summed E-state index contributed by atoms with van der Waals surface area (Å²) in [7, 11) is 0. The zero-order chi connectivity index (χ0) is 10.1. The molecule has 2 heterocycles. The van der Waals surface area contributed by atoms with Crippen LogP contribution in [-0.4, -0.2) is 28.9 Å². The first-order chi connectivity index (χ1) is 6.72. The SMILES string of the molecule is O=Cc1cc(C2CSC2)c(C(=O)O)s1. The second kappa shape index (κ2) is 3.74. The molecule has 0 bridgehead atoms. The number of rotatable bonds is 3. The number of aromatic carboxylic acids is 1. The van der Waals surface area contributed by atoms with E-state index in [0.717, 1.165) is 28.4 Å². The standard InChI is InChI=1S/C9H8O3S2/c10-2-6-1-7(5-3-13-4-5)8(14-6)9(11)12/h1-2,5H,3-4H2,(H,11,12). The molecular formula is C9H8O3S2. The predicted octanol–water partition coefficient (Wildman–Crippen LogP) is 2.09. The maximum atomic E-state index is 10.9. The maximum absolute atomic E-state index is 10.9. The third-order valence-electron chi connectivity index (χ3n) is 2.17. The van der Waals surface area contributed by atoms with E-state index in [1.165, 1.54) is 0 Å². The van der Waals surface area contributed by atoms with Crippen LogP contribution in [0.3, 0.4) is 0 Å². The van der Waals surface area contributed by atoms with Crippen molar-refractivity contribution in [3.8, 4) is 0 Å². The molecule has 5 heteroatoms. The molecule has 1 fully saturated rings. The van der Waals surface area contributed by atoms with Crippen molar-refractivity contribution in [3.63, 3.8) is 0 Å². The summed E-state index contributed by atoms with van der Waals surface area (Å²) in [5, 5.41) is 8.93. The fourth-order valence-corrected chi connectivity index (χ4v) is 3.10. The van der Waals surface area contributed by atoms with Gasteiger partial charge in [0, 0.05) is 17.4 Å². The van der Waals surface area contributed by atoms with Crippen LogP contribution in [0, 0.1) is 0 Å². The fraction of sp³-hybridized carbons (Fsp3) is 0.333. The van der Waals surface area contributed by atoms with E-state index < -0.39 is 5.97 Å².